The molecule has 0 spiro atoms. The summed E-state index contributed by atoms with van der Waals surface area (Å²) in [5, 5.41) is 9.86. The molecule has 0 aromatic carbocycles. The van der Waals surface area contributed by atoms with Crippen LogP contribution >= 0.6 is 0 Å². The smallest absolute Gasteiger partial charge is 0.306 e. The van der Waals surface area contributed by atoms with Crippen LogP contribution in [-0.4, -0.2) is 59.9 Å². The molecule has 55 heavy (non-hydrogen) atoms. The third-order valence-corrected chi connectivity index (χ3v) is 11.4. The number of carbonyl (C=O) groups is 2. The molecule has 0 aliphatic heterocycles. The summed E-state index contributed by atoms with van der Waals surface area (Å²) in [4.78, 5) is 27.7. The van der Waals surface area contributed by atoms with Gasteiger partial charge in [0, 0.05) is 18.9 Å². The Balaban J connectivity index is 0. The van der Waals surface area contributed by atoms with Crippen LogP contribution in [0.3, 0.4) is 0 Å². The number of aliphatic hydroxyl groups excluding tert-OH is 1. The van der Waals surface area contributed by atoms with Crippen LogP contribution in [0.2, 0.25) is 0 Å². The van der Waals surface area contributed by atoms with Crippen molar-refractivity contribution in [2.24, 2.45) is 0 Å². The fourth-order valence-corrected chi connectivity index (χ4v) is 7.69. The van der Waals surface area contributed by atoms with Gasteiger partial charge in [0.15, 0.2) is 0 Å². The maximum absolute atomic E-state index is 12.8. The van der Waals surface area contributed by atoms with E-state index in [1.54, 1.807) is 0 Å². The van der Waals surface area contributed by atoms with Gasteiger partial charge in [0.25, 0.3) is 0 Å². The van der Waals surface area contributed by atoms with Crippen LogP contribution in [-0.2, 0) is 19.1 Å². The SMILES string of the molecule is C.CCCCCCCCC(CCC)OC(=O)CCCCCCCN(CCCCCCCC(=O)OC(CCCCCCCC)CCCCCCCC)C(C)CO. The van der Waals surface area contributed by atoms with Gasteiger partial charge in [-0.05, 0) is 90.6 Å². The second-order valence-corrected chi connectivity index (χ2v) is 16.8. The Bertz CT molecular complexity index is 775. The van der Waals surface area contributed by atoms with Crippen molar-refractivity contribution >= 4 is 11.9 Å². The maximum Gasteiger partial charge on any atom is 0.306 e. The van der Waals surface area contributed by atoms with Crippen LogP contribution in [0.1, 0.15) is 267 Å². The number of hydrogen-bond acceptors (Lipinski definition) is 6. The standard InChI is InChI=1S/C48H95NO5.CH4/c1-6-10-13-16-21-28-36-45(35-9-4)53-47(51)39-31-24-19-26-33-41-49(44(5)43-50)42-34-27-20-25-32-40-48(52)54-46(37-29-22-17-14-11-7-2)38-30-23-18-15-12-8-3;/h44-46,50H,6-43H2,1-5H3;1H4. The number of unbranched alkanes of at least 4 members (excludes halogenated alkanes) is 23. The molecule has 1 N–H and O–H groups in total. The molecule has 0 aliphatic rings. The molecule has 0 saturated heterocycles. The van der Waals surface area contributed by atoms with Gasteiger partial charge in [-0.2, -0.15) is 0 Å². The van der Waals surface area contributed by atoms with Crippen molar-refractivity contribution in [3.63, 3.8) is 0 Å². The number of carbonyl (C=O) groups excluding carboxylic acids is 2. The average molecular weight is 782 g/mol. The van der Waals surface area contributed by atoms with Gasteiger partial charge in [-0.25, -0.2) is 0 Å². The zero-order valence-corrected chi connectivity index (χ0v) is 37.1. The molecule has 0 saturated carbocycles. The van der Waals surface area contributed by atoms with Gasteiger partial charge in [0.1, 0.15) is 12.2 Å². The number of nitrogens with zero attached hydrogens (tertiary/aromatic N) is 1. The summed E-state index contributed by atoms with van der Waals surface area (Å²) in [6.07, 6.45) is 40.4. The van der Waals surface area contributed by atoms with E-state index in [9.17, 15) is 14.7 Å². The first-order valence-electron chi connectivity index (χ1n) is 24.1. The Kier molecular flexibility index (Phi) is 44.7. The molecule has 330 valence electrons. The minimum absolute atomic E-state index is 0. The summed E-state index contributed by atoms with van der Waals surface area (Å²) in [5.41, 5.74) is 0. The van der Waals surface area contributed by atoms with Crippen molar-refractivity contribution in [2.75, 3.05) is 19.7 Å². The van der Waals surface area contributed by atoms with Crippen molar-refractivity contribution in [1.29, 1.82) is 0 Å². The molecule has 0 amide bonds. The lowest BCUT2D eigenvalue weighted by Gasteiger charge is -2.27. The Morgan fingerprint density at radius 1 is 0.436 bits per heavy atom. The average Bonchev–Trinajstić information content (AvgIpc) is 3.16. The van der Waals surface area contributed by atoms with Gasteiger partial charge in [-0.15, -0.1) is 0 Å². The highest BCUT2D eigenvalue weighted by Gasteiger charge is 2.16. The van der Waals surface area contributed by atoms with E-state index in [1.807, 2.05) is 0 Å². The maximum atomic E-state index is 12.8. The molecule has 0 radical (unpaired) electrons. The molecule has 2 unspecified atom stereocenters. The lowest BCUT2D eigenvalue weighted by Crippen LogP contribution is -2.37. The minimum atomic E-state index is -0.00597. The first-order chi connectivity index (χ1) is 26.4. The van der Waals surface area contributed by atoms with Crippen LogP contribution in [0.5, 0.6) is 0 Å². The van der Waals surface area contributed by atoms with E-state index in [2.05, 4.69) is 39.5 Å². The van der Waals surface area contributed by atoms with E-state index in [4.69, 9.17) is 9.47 Å². The summed E-state index contributed by atoms with van der Waals surface area (Å²) < 4.78 is 11.9. The molecule has 0 aromatic rings. The Labute approximate surface area is 344 Å². The van der Waals surface area contributed by atoms with E-state index in [-0.39, 0.29) is 44.2 Å². The van der Waals surface area contributed by atoms with Crippen LogP contribution in [0.4, 0.5) is 0 Å². The fourth-order valence-electron chi connectivity index (χ4n) is 7.69. The van der Waals surface area contributed by atoms with Gasteiger partial charge in [-0.3, -0.25) is 14.5 Å². The number of rotatable bonds is 43. The number of aliphatic hydroxyl groups is 1. The molecule has 0 heterocycles. The van der Waals surface area contributed by atoms with Crippen LogP contribution < -0.4 is 0 Å². The molecule has 0 bridgehead atoms. The molecule has 6 nitrogen and oxygen atoms in total. The van der Waals surface area contributed by atoms with E-state index < -0.39 is 0 Å². The number of hydrogen-bond donors (Lipinski definition) is 1. The molecule has 0 aromatic heterocycles. The molecular weight excluding hydrogens is 683 g/mol. The van der Waals surface area contributed by atoms with Crippen molar-refractivity contribution in [2.45, 2.75) is 285 Å². The zero-order chi connectivity index (χ0) is 39.7. The zero-order valence-electron chi connectivity index (χ0n) is 37.1. The number of esters is 2. The van der Waals surface area contributed by atoms with Crippen molar-refractivity contribution in [3.05, 3.63) is 0 Å². The van der Waals surface area contributed by atoms with Gasteiger partial charge >= 0.3 is 11.9 Å². The lowest BCUT2D eigenvalue weighted by atomic mass is 10.0. The van der Waals surface area contributed by atoms with Gasteiger partial charge < -0.3 is 14.6 Å². The van der Waals surface area contributed by atoms with Crippen LogP contribution in [0, 0.1) is 0 Å². The second kappa shape index (κ2) is 44.0. The quantitative estimate of drug-likeness (QED) is 0.0490. The third-order valence-electron chi connectivity index (χ3n) is 11.4. The summed E-state index contributed by atoms with van der Waals surface area (Å²) in [5.74, 6) is 0.00724. The summed E-state index contributed by atoms with van der Waals surface area (Å²) in [6, 6.07) is 0.183. The summed E-state index contributed by atoms with van der Waals surface area (Å²) in [6.45, 7) is 13.3. The number of ether oxygens (including phenoxy) is 2. The summed E-state index contributed by atoms with van der Waals surface area (Å²) >= 11 is 0. The molecular formula is C49H99NO5. The molecule has 0 fully saturated rings. The Morgan fingerprint density at radius 2 is 0.745 bits per heavy atom. The first kappa shape index (κ1) is 56.0. The normalized spacial score (nSPS) is 12.6. The highest BCUT2D eigenvalue weighted by Crippen LogP contribution is 2.19. The largest absolute Gasteiger partial charge is 0.462 e. The van der Waals surface area contributed by atoms with E-state index in [0.29, 0.717) is 12.8 Å². The van der Waals surface area contributed by atoms with E-state index in [0.717, 1.165) is 109 Å². The molecule has 6 heteroatoms. The lowest BCUT2D eigenvalue weighted by molar-refractivity contribution is -0.151. The second-order valence-electron chi connectivity index (χ2n) is 16.8. The van der Waals surface area contributed by atoms with Gasteiger partial charge in [-0.1, -0.05) is 176 Å². The minimum Gasteiger partial charge on any atom is -0.462 e. The third kappa shape index (κ3) is 38.2. The predicted molar refractivity (Wildman–Crippen MR) is 239 cm³/mol. The van der Waals surface area contributed by atoms with Crippen LogP contribution in [0.15, 0.2) is 0 Å². The van der Waals surface area contributed by atoms with Crippen LogP contribution in [0.25, 0.3) is 0 Å². The molecule has 0 rings (SSSR count). The Morgan fingerprint density at radius 3 is 1.09 bits per heavy atom. The molecule has 0 aliphatic carbocycles. The van der Waals surface area contributed by atoms with Crippen molar-refractivity contribution in [1.82, 2.24) is 4.90 Å². The highest BCUT2D eigenvalue weighted by atomic mass is 16.5. The van der Waals surface area contributed by atoms with Gasteiger partial charge in [0.05, 0.1) is 6.61 Å². The Hall–Kier alpha value is -1.14. The van der Waals surface area contributed by atoms with Gasteiger partial charge in [0.2, 0.25) is 0 Å². The topological polar surface area (TPSA) is 76.1 Å². The fraction of sp³-hybridized carbons (Fsp3) is 0.959. The molecule has 2 atom stereocenters. The van der Waals surface area contributed by atoms with E-state index >= 15 is 0 Å². The monoisotopic (exact) mass is 782 g/mol. The van der Waals surface area contributed by atoms with Crippen molar-refractivity contribution in [3.8, 4) is 0 Å². The summed E-state index contributed by atoms with van der Waals surface area (Å²) in [7, 11) is 0. The van der Waals surface area contributed by atoms with E-state index in [1.165, 1.54) is 116 Å². The first-order valence-corrected chi connectivity index (χ1v) is 24.1. The highest BCUT2D eigenvalue weighted by molar-refractivity contribution is 5.69. The van der Waals surface area contributed by atoms with Crippen molar-refractivity contribution < 1.29 is 24.2 Å². The predicted octanol–water partition coefficient (Wildman–Crippen LogP) is 14.9.